The van der Waals surface area contributed by atoms with E-state index < -0.39 is 0 Å². The fourth-order valence-corrected chi connectivity index (χ4v) is 2.32. The van der Waals surface area contributed by atoms with E-state index in [2.05, 4.69) is 22.8 Å². The van der Waals surface area contributed by atoms with E-state index in [0.29, 0.717) is 18.1 Å². The third kappa shape index (κ3) is 6.06. The highest BCUT2D eigenvalue weighted by Crippen LogP contribution is 2.02. The van der Waals surface area contributed by atoms with E-state index in [-0.39, 0.29) is 5.91 Å². The maximum absolute atomic E-state index is 11.8. The predicted octanol–water partition coefficient (Wildman–Crippen LogP) is 2.85. The van der Waals surface area contributed by atoms with Gasteiger partial charge in [-0.15, -0.1) is 0 Å². The summed E-state index contributed by atoms with van der Waals surface area (Å²) in [4.78, 5) is 11.8. The third-order valence-corrected chi connectivity index (χ3v) is 3.52. The van der Waals surface area contributed by atoms with Crippen LogP contribution in [-0.2, 0) is 17.6 Å². The molecule has 0 spiro atoms. The molecule has 2 N–H and O–H groups in total. The molecule has 0 bridgehead atoms. The first-order valence-electron chi connectivity index (χ1n) is 7.39. The number of rotatable bonds is 6. The van der Waals surface area contributed by atoms with Crippen LogP contribution in [0.25, 0.3) is 0 Å². The van der Waals surface area contributed by atoms with Crippen LogP contribution in [0.1, 0.15) is 17.5 Å². The Morgan fingerprint density at radius 3 is 2.00 bits per heavy atom. The Morgan fingerprint density at radius 1 is 0.864 bits per heavy atom. The molecule has 0 aromatic heterocycles. The SMILES string of the molecule is O=C(CCc1ccccc1)NC(=S)NCCc1ccccc1. The summed E-state index contributed by atoms with van der Waals surface area (Å²) in [6, 6.07) is 20.1. The van der Waals surface area contributed by atoms with Crippen molar-refractivity contribution in [2.75, 3.05) is 6.54 Å². The van der Waals surface area contributed by atoms with Crippen LogP contribution < -0.4 is 10.6 Å². The molecule has 0 heterocycles. The highest BCUT2D eigenvalue weighted by molar-refractivity contribution is 7.80. The van der Waals surface area contributed by atoms with Gasteiger partial charge in [0.05, 0.1) is 0 Å². The van der Waals surface area contributed by atoms with Gasteiger partial charge in [-0.05, 0) is 36.2 Å². The van der Waals surface area contributed by atoms with E-state index in [1.165, 1.54) is 5.56 Å². The minimum atomic E-state index is -0.0546. The number of carbonyl (C=O) groups is 1. The van der Waals surface area contributed by atoms with Crippen molar-refractivity contribution in [3.05, 3.63) is 71.8 Å². The minimum Gasteiger partial charge on any atom is -0.362 e. The van der Waals surface area contributed by atoms with Gasteiger partial charge in [-0.1, -0.05) is 60.7 Å². The second-order valence-corrected chi connectivity index (χ2v) is 5.43. The molecule has 0 unspecified atom stereocenters. The molecule has 0 atom stereocenters. The number of amides is 1. The summed E-state index contributed by atoms with van der Waals surface area (Å²) in [5, 5.41) is 6.17. The van der Waals surface area contributed by atoms with Crippen molar-refractivity contribution in [1.29, 1.82) is 0 Å². The Labute approximate surface area is 136 Å². The average molecular weight is 312 g/mol. The molecule has 1 amide bonds. The highest BCUT2D eigenvalue weighted by atomic mass is 32.1. The summed E-state index contributed by atoms with van der Waals surface area (Å²) in [5.41, 5.74) is 2.40. The van der Waals surface area contributed by atoms with E-state index in [1.807, 2.05) is 48.5 Å². The maximum atomic E-state index is 11.8. The van der Waals surface area contributed by atoms with Crippen LogP contribution in [-0.4, -0.2) is 17.6 Å². The van der Waals surface area contributed by atoms with Crippen LogP contribution in [0.15, 0.2) is 60.7 Å². The third-order valence-electron chi connectivity index (χ3n) is 3.28. The Hall–Kier alpha value is -2.20. The molecule has 0 aliphatic heterocycles. The van der Waals surface area contributed by atoms with Crippen molar-refractivity contribution >= 4 is 23.2 Å². The van der Waals surface area contributed by atoms with E-state index in [0.717, 1.165) is 18.4 Å². The van der Waals surface area contributed by atoms with Gasteiger partial charge in [-0.25, -0.2) is 0 Å². The fraction of sp³-hybridized carbons (Fsp3) is 0.222. The Kier molecular flexibility index (Phi) is 6.58. The van der Waals surface area contributed by atoms with Crippen molar-refractivity contribution < 1.29 is 4.79 Å². The topological polar surface area (TPSA) is 41.1 Å². The van der Waals surface area contributed by atoms with Crippen LogP contribution in [0.2, 0.25) is 0 Å². The van der Waals surface area contributed by atoms with Gasteiger partial charge in [0.1, 0.15) is 0 Å². The van der Waals surface area contributed by atoms with Crippen LogP contribution in [0, 0.1) is 0 Å². The summed E-state index contributed by atoms with van der Waals surface area (Å²) < 4.78 is 0. The molecule has 0 saturated carbocycles. The number of hydrogen-bond donors (Lipinski definition) is 2. The lowest BCUT2D eigenvalue weighted by atomic mass is 10.1. The molecule has 2 aromatic rings. The van der Waals surface area contributed by atoms with Crippen LogP contribution >= 0.6 is 12.2 Å². The number of aryl methyl sites for hydroxylation is 1. The second-order valence-electron chi connectivity index (χ2n) is 5.03. The molecular weight excluding hydrogens is 292 g/mol. The first-order valence-corrected chi connectivity index (χ1v) is 7.80. The normalized spacial score (nSPS) is 10.0. The maximum Gasteiger partial charge on any atom is 0.226 e. The van der Waals surface area contributed by atoms with Gasteiger partial charge in [0.25, 0.3) is 0 Å². The molecule has 2 rings (SSSR count). The van der Waals surface area contributed by atoms with E-state index in [9.17, 15) is 4.79 Å². The molecule has 0 aliphatic rings. The van der Waals surface area contributed by atoms with E-state index in [1.54, 1.807) is 0 Å². The number of hydrogen-bond acceptors (Lipinski definition) is 2. The molecule has 0 radical (unpaired) electrons. The zero-order valence-electron chi connectivity index (χ0n) is 12.4. The summed E-state index contributed by atoms with van der Waals surface area (Å²) in [5.74, 6) is -0.0546. The van der Waals surface area contributed by atoms with Gasteiger partial charge in [0, 0.05) is 13.0 Å². The molecule has 0 aliphatic carbocycles. The smallest absolute Gasteiger partial charge is 0.226 e. The van der Waals surface area contributed by atoms with Gasteiger partial charge in [-0.2, -0.15) is 0 Å². The minimum absolute atomic E-state index is 0.0546. The second kappa shape index (κ2) is 8.95. The van der Waals surface area contributed by atoms with Crippen molar-refractivity contribution in [3.63, 3.8) is 0 Å². The lowest BCUT2D eigenvalue weighted by Gasteiger charge is -2.09. The Bertz CT molecular complexity index is 599. The average Bonchev–Trinajstić information content (AvgIpc) is 2.55. The quantitative estimate of drug-likeness (QED) is 0.806. The summed E-state index contributed by atoms with van der Waals surface area (Å²) in [7, 11) is 0. The predicted molar refractivity (Wildman–Crippen MR) is 93.7 cm³/mol. The zero-order valence-corrected chi connectivity index (χ0v) is 13.2. The summed E-state index contributed by atoms with van der Waals surface area (Å²) in [6.07, 6.45) is 2.03. The molecule has 0 saturated heterocycles. The van der Waals surface area contributed by atoms with Gasteiger partial charge in [0.15, 0.2) is 5.11 Å². The Balaban J connectivity index is 1.63. The molecule has 4 heteroatoms. The number of carbonyl (C=O) groups excluding carboxylic acids is 1. The highest BCUT2D eigenvalue weighted by Gasteiger charge is 2.04. The van der Waals surface area contributed by atoms with Crippen LogP contribution in [0.5, 0.6) is 0 Å². The number of nitrogens with one attached hydrogen (secondary N) is 2. The van der Waals surface area contributed by atoms with Crippen LogP contribution in [0.4, 0.5) is 0 Å². The Morgan fingerprint density at radius 2 is 1.41 bits per heavy atom. The molecule has 0 fully saturated rings. The number of thiocarbonyl (C=S) groups is 1. The standard InChI is InChI=1S/C18H20N2OS/c21-17(12-11-15-7-3-1-4-8-15)20-18(22)19-14-13-16-9-5-2-6-10-16/h1-10H,11-14H2,(H2,19,20,21,22). The summed E-state index contributed by atoms with van der Waals surface area (Å²) in [6.45, 7) is 0.710. The molecule has 114 valence electrons. The largest absolute Gasteiger partial charge is 0.362 e. The fourth-order valence-electron chi connectivity index (χ4n) is 2.10. The van der Waals surface area contributed by atoms with E-state index in [4.69, 9.17) is 12.2 Å². The lowest BCUT2D eigenvalue weighted by Crippen LogP contribution is -2.40. The molecule has 22 heavy (non-hydrogen) atoms. The van der Waals surface area contributed by atoms with Gasteiger partial charge in [-0.3, -0.25) is 4.79 Å². The first kappa shape index (κ1) is 16.2. The van der Waals surface area contributed by atoms with Gasteiger partial charge >= 0.3 is 0 Å². The lowest BCUT2D eigenvalue weighted by molar-refractivity contribution is -0.119. The van der Waals surface area contributed by atoms with Crippen molar-refractivity contribution in [2.24, 2.45) is 0 Å². The van der Waals surface area contributed by atoms with Crippen LogP contribution in [0.3, 0.4) is 0 Å². The molecule has 2 aromatic carbocycles. The van der Waals surface area contributed by atoms with Crippen molar-refractivity contribution in [1.82, 2.24) is 10.6 Å². The van der Waals surface area contributed by atoms with Gasteiger partial charge in [0.2, 0.25) is 5.91 Å². The van der Waals surface area contributed by atoms with Crippen molar-refractivity contribution in [2.45, 2.75) is 19.3 Å². The summed E-state index contributed by atoms with van der Waals surface area (Å²) >= 11 is 5.13. The molecular formula is C18H20N2OS. The van der Waals surface area contributed by atoms with Crippen molar-refractivity contribution in [3.8, 4) is 0 Å². The molecule has 3 nitrogen and oxygen atoms in total. The first-order chi connectivity index (χ1) is 10.7. The van der Waals surface area contributed by atoms with E-state index >= 15 is 0 Å². The van der Waals surface area contributed by atoms with Gasteiger partial charge < -0.3 is 10.6 Å². The monoisotopic (exact) mass is 312 g/mol. The number of benzene rings is 2. The zero-order chi connectivity index (χ0) is 15.6.